The number of fused-ring (bicyclic) bond motifs is 3. The van der Waals surface area contributed by atoms with Gasteiger partial charge < -0.3 is 9.47 Å². The summed E-state index contributed by atoms with van der Waals surface area (Å²) in [5.74, 6) is 0. The minimum Gasteiger partial charge on any atom is -0.372 e. The van der Waals surface area contributed by atoms with E-state index < -0.39 is 11.9 Å². The first-order valence-corrected chi connectivity index (χ1v) is 7.08. The lowest BCUT2D eigenvalue weighted by atomic mass is 10.1. The summed E-state index contributed by atoms with van der Waals surface area (Å²) in [6, 6.07) is -0.0378. The first-order chi connectivity index (χ1) is 10.6. The van der Waals surface area contributed by atoms with Crippen LogP contribution in [0.5, 0.6) is 0 Å². The first kappa shape index (κ1) is 13.4. The second-order valence-electron chi connectivity index (χ2n) is 5.60. The topological polar surface area (TPSA) is 104 Å². The molecule has 3 atom stereocenters. The van der Waals surface area contributed by atoms with Crippen molar-refractivity contribution in [2.75, 3.05) is 6.61 Å². The summed E-state index contributed by atoms with van der Waals surface area (Å²) in [4.78, 5) is 25.8. The van der Waals surface area contributed by atoms with Crippen molar-refractivity contribution in [3.05, 3.63) is 44.5 Å². The Hall–Kier alpha value is -2.26. The number of rotatable bonds is 1. The number of nitrogens with zero attached hydrogens (tertiary/aromatic N) is 4. The van der Waals surface area contributed by atoms with E-state index in [4.69, 9.17) is 9.47 Å². The van der Waals surface area contributed by atoms with Crippen LogP contribution in [0.1, 0.15) is 29.9 Å². The van der Waals surface area contributed by atoms with E-state index in [9.17, 15) is 9.59 Å². The Morgan fingerprint density at radius 2 is 2.27 bits per heavy atom. The molecular weight excluding hydrogens is 290 g/mol. The average molecular weight is 305 g/mol. The van der Waals surface area contributed by atoms with Crippen LogP contribution in [0.2, 0.25) is 0 Å². The zero-order valence-corrected chi connectivity index (χ0v) is 11.9. The maximum absolute atomic E-state index is 12.0. The second-order valence-corrected chi connectivity index (χ2v) is 5.60. The lowest BCUT2D eigenvalue weighted by molar-refractivity contribution is -0.0479. The zero-order valence-electron chi connectivity index (χ0n) is 11.9. The minimum atomic E-state index is -0.475. The van der Waals surface area contributed by atoms with Crippen LogP contribution in [-0.4, -0.2) is 37.3 Å². The molecule has 0 aliphatic carbocycles. The van der Waals surface area contributed by atoms with E-state index in [1.807, 2.05) is 0 Å². The molecule has 0 unspecified atom stereocenters. The van der Waals surface area contributed by atoms with Gasteiger partial charge in [-0.3, -0.25) is 14.3 Å². The van der Waals surface area contributed by atoms with Crippen molar-refractivity contribution in [2.24, 2.45) is 0 Å². The molecule has 1 fully saturated rings. The van der Waals surface area contributed by atoms with Crippen LogP contribution in [0.15, 0.2) is 22.0 Å². The summed E-state index contributed by atoms with van der Waals surface area (Å²) >= 11 is 0. The third kappa shape index (κ3) is 2.01. The Labute approximate surface area is 124 Å². The number of hydrogen-bond donors (Lipinski definition) is 1. The highest BCUT2D eigenvalue weighted by molar-refractivity contribution is 5.03. The largest absolute Gasteiger partial charge is 0.372 e. The van der Waals surface area contributed by atoms with Crippen LogP contribution < -0.4 is 11.2 Å². The minimum absolute atomic E-state index is 0.0378. The van der Waals surface area contributed by atoms with Gasteiger partial charge >= 0.3 is 5.69 Å². The summed E-state index contributed by atoms with van der Waals surface area (Å²) in [6.45, 7) is 2.54. The maximum Gasteiger partial charge on any atom is 0.330 e. The van der Waals surface area contributed by atoms with Gasteiger partial charge in [0.1, 0.15) is 12.3 Å². The van der Waals surface area contributed by atoms with Gasteiger partial charge in [-0.1, -0.05) is 5.21 Å². The van der Waals surface area contributed by atoms with Crippen LogP contribution in [0, 0.1) is 6.92 Å². The summed E-state index contributed by atoms with van der Waals surface area (Å²) in [5.41, 5.74) is 0.502. The Kier molecular flexibility index (Phi) is 2.98. The second kappa shape index (κ2) is 4.89. The summed E-state index contributed by atoms with van der Waals surface area (Å²) < 4.78 is 14.8. The van der Waals surface area contributed by atoms with Crippen LogP contribution in [-0.2, 0) is 16.1 Å². The van der Waals surface area contributed by atoms with Gasteiger partial charge in [-0.25, -0.2) is 9.48 Å². The molecule has 4 heterocycles. The van der Waals surface area contributed by atoms with Crippen molar-refractivity contribution >= 4 is 0 Å². The lowest BCUT2D eigenvalue weighted by Crippen LogP contribution is -2.33. The number of aryl methyl sites for hydroxylation is 1. The third-order valence-electron chi connectivity index (χ3n) is 4.16. The Balaban J connectivity index is 1.70. The van der Waals surface area contributed by atoms with Crippen molar-refractivity contribution in [1.82, 2.24) is 24.5 Å². The molecule has 0 aromatic carbocycles. The predicted octanol–water partition coefficient (Wildman–Crippen LogP) is -0.504. The van der Waals surface area contributed by atoms with Crippen molar-refractivity contribution in [3.63, 3.8) is 0 Å². The van der Waals surface area contributed by atoms with E-state index in [0.29, 0.717) is 25.2 Å². The fourth-order valence-electron chi connectivity index (χ4n) is 3.02. The SMILES string of the molecule is Cc1cn([C@H]2C[C@H]3[C@@H](COCc4cnnn43)O2)c(=O)[nH]c1=O. The van der Waals surface area contributed by atoms with E-state index in [2.05, 4.69) is 15.3 Å². The van der Waals surface area contributed by atoms with Gasteiger partial charge in [0.05, 0.1) is 31.1 Å². The Morgan fingerprint density at radius 3 is 3.14 bits per heavy atom. The van der Waals surface area contributed by atoms with E-state index in [-0.39, 0.29) is 17.7 Å². The normalized spacial score (nSPS) is 27.2. The molecule has 2 aliphatic rings. The van der Waals surface area contributed by atoms with Crippen LogP contribution in [0.25, 0.3) is 0 Å². The molecule has 2 aromatic heterocycles. The summed E-state index contributed by atoms with van der Waals surface area (Å²) in [6.07, 6.45) is 3.10. The van der Waals surface area contributed by atoms with Gasteiger partial charge in [-0.2, -0.15) is 0 Å². The monoisotopic (exact) mass is 305 g/mol. The lowest BCUT2D eigenvalue weighted by Gasteiger charge is -2.15. The molecule has 0 bridgehead atoms. The smallest absolute Gasteiger partial charge is 0.330 e. The number of aromatic amines is 1. The van der Waals surface area contributed by atoms with Gasteiger partial charge in [-0.05, 0) is 6.92 Å². The van der Waals surface area contributed by atoms with Gasteiger partial charge in [0.25, 0.3) is 5.56 Å². The number of nitrogens with one attached hydrogen (secondary N) is 1. The van der Waals surface area contributed by atoms with Crippen LogP contribution >= 0.6 is 0 Å². The van der Waals surface area contributed by atoms with E-state index in [1.165, 1.54) is 10.8 Å². The van der Waals surface area contributed by atoms with Gasteiger partial charge in [-0.15, -0.1) is 5.10 Å². The molecule has 0 spiro atoms. The number of aromatic nitrogens is 5. The molecule has 0 saturated carbocycles. The van der Waals surface area contributed by atoms with Crippen LogP contribution in [0.3, 0.4) is 0 Å². The Bertz CT molecular complexity index is 822. The van der Waals surface area contributed by atoms with E-state index in [0.717, 1.165) is 5.69 Å². The molecule has 2 aromatic rings. The van der Waals surface area contributed by atoms with Crippen molar-refractivity contribution in [2.45, 2.75) is 38.3 Å². The predicted molar refractivity (Wildman–Crippen MR) is 73.3 cm³/mol. The van der Waals surface area contributed by atoms with Crippen molar-refractivity contribution in [1.29, 1.82) is 0 Å². The van der Waals surface area contributed by atoms with Gasteiger partial charge in [0.2, 0.25) is 0 Å². The fraction of sp³-hybridized carbons (Fsp3) is 0.538. The summed E-state index contributed by atoms with van der Waals surface area (Å²) in [7, 11) is 0. The molecule has 22 heavy (non-hydrogen) atoms. The maximum atomic E-state index is 12.0. The Morgan fingerprint density at radius 1 is 1.41 bits per heavy atom. The fourth-order valence-corrected chi connectivity index (χ4v) is 3.02. The van der Waals surface area contributed by atoms with Crippen molar-refractivity contribution in [3.8, 4) is 0 Å². The highest BCUT2D eigenvalue weighted by atomic mass is 16.6. The van der Waals surface area contributed by atoms with Crippen molar-refractivity contribution < 1.29 is 9.47 Å². The molecule has 0 amide bonds. The molecule has 4 rings (SSSR count). The highest BCUT2D eigenvalue weighted by Crippen LogP contribution is 2.37. The van der Waals surface area contributed by atoms with Crippen LogP contribution in [0.4, 0.5) is 0 Å². The summed E-state index contributed by atoms with van der Waals surface area (Å²) in [5, 5.41) is 8.01. The molecule has 1 saturated heterocycles. The molecule has 2 aliphatic heterocycles. The highest BCUT2D eigenvalue weighted by Gasteiger charge is 2.40. The molecule has 1 N–H and O–H groups in total. The molecule has 9 heteroatoms. The molecule has 9 nitrogen and oxygen atoms in total. The zero-order chi connectivity index (χ0) is 15.3. The molecule has 116 valence electrons. The van der Waals surface area contributed by atoms with Gasteiger partial charge in [0, 0.05) is 18.2 Å². The van der Waals surface area contributed by atoms with E-state index in [1.54, 1.807) is 17.8 Å². The molecular formula is C13H15N5O4. The molecule has 0 radical (unpaired) electrons. The number of ether oxygens (including phenoxy) is 2. The third-order valence-corrected chi connectivity index (χ3v) is 4.16. The van der Waals surface area contributed by atoms with E-state index >= 15 is 0 Å². The average Bonchev–Trinajstić information content (AvgIpc) is 3.07. The number of hydrogen-bond acceptors (Lipinski definition) is 6. The van der Waals surface area contributed by atoms with Gasteiger partial charge in [0.15, 0.2) is 0 Å². The quantitative estimate of drug-likeness (QED) is 0.761. The first-order valence-electron chi connectivity index (χ1n) is 7.08. The number of H-pyrrole nitrogens is 1. The standard InChI is InChI=1S/C13H15N5O4/c1-7-4-17(13(20)15-12(7)19)11-2-9-10(22-11)6-21-5-8-3-14-16-18(8)9/h3-4,9-11H,2,5-6H2,1H3,(H,15,19,20)/t9-,10+,11+/m0/s1.